The molecule has 1 N–H and O–H groups in total. The zero-order valence-electron chi connectivity index (χ0n) is 15.6. The number of halogens is 2. The highest BCUT2D eigenvalue weighted by atomic mass is 32.2. The zero-order chi connectivity index (χ0) is 20.5. The highest BCUT2D eigenvalue weighted by Crippen LogP contribution is 2.29. The smallest absolute Gasteiger partial charge is 0.277 e. The van der Waals surface area contributed by atoms with Crippen LogP contribution in [-0.2, 0) is 10.2 Å². The highest BCUT2D eigenvalue weighted by molar-refractivity contribution is 8.00. The Balaban J connectivity index is 1.63. The minimum atomic E-state index is -0.949. The number of carbonyl (C=O) groups excluding carboxylic acids is 1. The molecule has 2 aromatic heterocycles. The molecule has 0 aliphatic heterocycles. The van der Waals surface area contributed by atoms with Crippen molar-refractivity contribution in [3.63, 3.8) is 0 Å². The van der Waals surface area contributed by atoms with Gasteiger partial charge in [0.15, 0.2) is 16.8 Å². The van der Waals surface area contributed by atoms with Gasteiger partial charge in [0.25, 0.3) is 5.22 Å². The van der Waals surface area contributed by atoms with Crippen molar-refractivity contribution in [1.29, 1.82) is 0 Å². The van der Waals surface area contributed by atoms with E-state index in [2.05, 4.69) is 20.5 Å². The summed E-state index contributed by atoms with van der Waals surface area (Å²) >= 11 is 2.34. The molecule has 0 saturated heterocycles. The van der Waals surface area contributed by atoms with E-state index in [4.69, 9.17) is 4.42 Å². The Morgan fingerprint density at radius 1 is 1.25 bits per heavy atom. The molecule has 6 nitrogen and oxygen atoms in total. The second-order valence-electron chi connectivity index (χ2n) is 7.04. The van der Waals surface area contributed by atoms with Gasteiger partial charge < -0.3 is 9.73 Å². The number of amides is 1. The Hall–Kier alpha value is -2.33. The summed E-state index contributed by atoms with van der Waals surface area (Å²) in [6, 6.07) is 3.54. The summed E-state index contributed by atoms with van der Waals surface area (Å²) in [5.74, 6) is -1.66. The summed E-state index contributed by atoms with van der Waals surface area (Å²) in [6.07, 6.45) is 0. The number of carbonyl (C=O) groups is 1. The van der Waals surface area contributed by atoms with Gasteiger partial charge in [-0.2, -0.15) is 0 Å². The van der Waals surface area contributed by atoms with E-state index in [9.17, 15) is 13.6 Å². The minimum absolute atomic E-state index is 0.269. The van der Waals surface area contributed by atoms with Crippen LogP contribution >= 0.6 is 23.1 Å². The molecular weight excluding hydrogens is 406 g/mol. The molecule has 10 heteroatoms. The maximum absolute atomic E-state index is 13.4. The Labute approximate surface area is 168 Å². The summed E-state index contributed by atoms with van der Waals surface area (Å²) in [4.78, 5) is 16.7. The first kappa shape index (κ1) is 20.4. The summed E-state index contributed by atoms with van der Waals surface area (Å²) in [7, 11) is 0. The first-order valence-corrected chi connectivity index (χ1v) is 10.1. The van der Waals surface area contributed by atoms with E-state index in [0.29, 0.717) is 27.5 Å². The number of hydrogen-bond acceptors (Lipinski definition) is 7. The van der Waals surface area contributed by atoms with Crippen LogP contribution in [0.3, 0.4) is 0 Å². The lowest BCUT2D eigenvalue weighted by molar-refractivity contribution is -0.115. The summed E-state index contributed by atoms with van der Waals surface area (Å²) in [6.45, 7) is 7.58. The molecule has 3 rings (SSSR count). The molecule has 0 fully saturated rings. The minimum Gasteiger partial charge on any atom is -0.415 e. The lowest BCUT2D eigenvalue weighted by Gasteiger charge is -2.11. The molecule has 0 aliphatic carbocycles. The van der Waals surface area contributed by atoms with Crippen molar-refractivity contribution >= 4 is 34.1 Å². The number of thiazole rings is 1. The molecule has 1 aromatic carbocycles. The molecular formula is C18H18F2N4O2S2. The van der Waals surface area contributed by atoms with Crippen LogP contribution in [0.25, 0.3) is 11.3 Å². The van der Waals surface area contributed by atoms with Gasteiger partial charge in [-0.3, -0.25) is 4.79 Å². The van der Waals surface area contributed by atoms with Crippen molar-refractivity contribution in [3.05, 3.63) is 41.1 Å². The second-order valence-corrected chi connectivity index (χ2v) is 9.19. The van der Waals surface area contributed by atoms with Crippen molar-refractivity contribution in [1.82, 2.24) is 15.2 Å². The normalized spacial score (nSPS) is 12.8. The molecule has 0 bridgehead atoms. The zero-order valence-corrected chi connectivity index (χ0v) is 17.3. The van der Waals surface area contributed by atoms with Crippen LogP contribution in [0.5, 0.6) is 0 Å². The van der Waals surface area contributed by atoms with Gasteiger partial charge >= 0.3 is 0 Å². The monoisotopic (exact) mass is 424 g/mol. The van der Waals surface area contributed by atoms with Crippen molar-refractivity contribution in [2.75, 3.05) is 5.32 Å². The van der Waals surface area contributed by atoms with Crippen LogP contribution in [0, 0.1) is 11.6 Å². The van der Waals surface area contributed by atoms with Crippen molar-refractivity contribution in [3.8, 4) is 11.3 Å². The maximum Gasteiger partial charge on any atom is 0.277 e. The van der Waals surface area contributed by atoms with Crippen molar-refractivity contribution in [2.45, 2.75) is 43.6 Å². The SMILES string of the molecule is C[C@@H](Sc1nnc(C(C)(C)C)o1)C(=O)Nc1nc(-c2ccc(F)c(F)c2)cs1. The molecule has 148 valence electrons. The maximum atomic E-state index is 13.4. The lowest BCUT2D eigenvalue weighted by atomic mass is 9.97. The molecule has 1 atom stereocenters. The van der Waals surface area contributed by atoms with E-state index < -0.39 is 16.9 Å². The first-order valence-electron chi connectivity index (χ1n) is 8.36. The third-order valence-electron chi connectivity index (χ3n) is 3.64. The second kappa shape index (κ2) is 7.96. The quantitative estimate of drug-likeness (QED) is 0.588. The Morgan fingerprint density at radius 2 is 2.00 bits per heavy atom. The molecule has 2 heterocycles. The van der Waals surface area contributed by atoms with Gasteiger partial charge in [0.05, 0.1) is 10.9 Å². The largest absolute Gasteiger partial charge is 0.415 e. The molecule has 3 aromatic rings. The van der Waals surface area contributed by atoms with Gasteiger partial charge in [-0.25, -0.2) is 13.8 Å². The van der Waals surface area contributed by atoms with Gasteiger partial charge in [0, 0.05) is 16.4 Å². The van der Waals surface area contributed by atoms with Gasteiger partial charge in [0.2, 0.25) is 11.8 Å². The van der Waals surface area contributed by atoms with E-state index in [1.54, 1.807) is 12.3 Å². The fourth-order valence-corrected chi connectivity index (χ4v) is 3.50. The lowest BCUT2D eigenvalue weighted by Crippen LogP contribution is -2.22. The summed E-state index contributed by atoms with van der Waals surface area (Å²) in [5, 5.41) is 12.5. The Morgan fingerprint density at radius 3 is 2.64 bits per heavy atom. The van der Waals surface area contributed by atoms with E-state index >= 15 is 0 Å². The van der Waals surface area contributed by atoms with Crippen molar-refractivity contribution < 1.29 is 18.0 Å². The van der Waals surface area contributed by atoms with Crippen molar-refractivity contribution in [2.24, 2.45) is 0 Å². The number of anilines is 1. The topological polar surface area (TPSA) is 80.9 Å². The number of aromatic nitrogens is 3. The number of benzene rings is 1. The van der Waals surface area contributed by atoms with Crippen LogP contribution in [0.2, 0.25) is 0 Å². The first-order chi connectivity index (χ1) is 13.1. The molecule has 0 radical (unpaired) electrons. The van der Waals surface area contributed by atoms with Crippen LogP contribution in [-0.4, -0.2) is 26.3 Å². The van der Waals surface area contributed by atoms with Gasteiger partial charge in [-0.05, 0) is 25.1 Å². The van der Waals surface area contributed by atoms with Gasteiger partial charge in [-0.15, -0.1) is 21.5 Å². The molecule has 0 saturated carbocycles. The van der Waals surface area contributed by atoms with E-state index in [-0.39, 0.29) is 11.3 Å². The standard InChI is InChI=1S/C18H18F2N4O2S2/c1-9(28-17-24-23-15(26-17)18(2,3)4)14(25)22-16-21-13(8-27-16)10-5-6-11(19)12(20)7-10/h5-9H,1-4H3,(H,21,22,25)/t9-/m1/s1. The van der Waals surface area contributed by atoms with Gasteiger partial charge in [-0.1, -0.05) is 32.5 Å². The molecule has 0 unspecified atom stereocenters. The number of nitrogens with zero attached hydrogens (tertiary/aromatic N) is 3. The molecule has 0 spiro atoms. The third kappa shape index (κ3) is 4.74. The number of hydrogen-bond donors (Lipinski definition) is 1. The van der Waals surface area contributed by atoms with E-state index in [0.717, 1.165) is 23.9 Å². The Kier molecular flexibility index (Phi) is 5.80. The number of rotatable bonds is 5. The summed E-state index contributed by atoms with van der Waals surface area (Å²) in [5.41, 5.74) is 0.610. The molecule has 1 amide bonds. The summed E-state index contributed by atoms with van der Waals surface area (Å²) < 4.78 is 32.0. The average molecular weight is 424 g/mol. The number of thioether (sulfide) groups is 1. The van der Waals surface area contributed by atoms with Crippen LogP contribution in [0.1, 0.15) is 33.6 Å². The van der Waals surface area contributed by atoms with Crippen LogP contribution < -0.4 is 5.32 Å². The van der Waals surface area contributed by atoms with Crippen LogP contribution in [0.15, 0.2) is 33.2 Å². The Bertz CT molecular complexity index is 998. The third-order valence-corrected chi connectivity index (χ3v) is 5.34. The number of nitrogens with one attached hydrogen (secondary N) is 1. The van der Waals surface area contributed by atoms with Gasteiger partial charge in [0.1, 0.15) is 0 Å². The predicted octanol–water partition coefficient (Wildman–Crippen LogP) is 4.89. The molecule has 28 heavy (non-hydrogen) atoms. The fourth-order valence-electron chi connectivity index (χ4n) is 2.09. The predicted molar refractivity (Wildman–Crippen MR) is 104 cm³/mol. The average Bonchev–Trinajstić information content (AvgIpc) is 3.26. The van der Waals surface area contributed by atoms with E-state index in [1.807, 2.05) is 20.8 Å². The van der Waals surface area contributed by atoms with Crippen LogP contribution in [0.4, 0.5) is 13.9 Å². The molecule has 0 aliphatic rings. The van der Waals surface area contributed by atoms with E-state index in [1.165, 1.54) is 17.4 Å². The highest BCUT2D eigenvalue weighted by Gasteiger charge is 2.24. The fraction of sp³-hybridized carbons (Fsp3) is 0.333.